The normalized spacial score (nSPS) is 10.4. The summed E-state index contributed by atoms with van der Waals surface area (Å²) in [6.45, 7) is 2.15. The molecule has 0 atom stereocenters. The average molecular weight is 273 g/mol. The third-order valence-electron chi connectivity index (χ3n) is 3.81. The highest BCUT2D eigenvalue weighted by Crippen LogP contribution is 2.39. The second-order valence-electron chi connectivity index (χ2n) is 5.16. The van der Waals surface area contributed by atoms with Crippen molar-refractivity contribution in [2.24, 2.45) is 0 Å². The van der Waals surface area contributed by atoms with Crippen LogP contribution in [0.15, 0.2) is 72.8 Å². The molecule has 0 heterocycles. The highest BCUT2D eigenvalue weighted by molar-refractivity contribution is 5.93. The van der Waals surface area contributed by atoms with Crippen molar-refractivity contribution in [1.82, 2.24) is 0 Å². The Morgan fingerprint density at radius 1 is 0.667 bits per heavy atom. The maximum atomic E-state index is 3.37. The fourth-order valence-corrected chi connectivity index (χ4v) is 2.79. The predicted octanol–water partition coefficient (Wildman–Crippen LogP) is 5.37. The minimum atomic E-state index is 1.20. The molecule has 0 bridgehead atoms. The van der Waals surface area contributed by atoms with Gasteiger partial charge < -0.3 is 5.32 Å². The highest BCUT2D eigenvalue weighted by Gasteiger charge is 2.13. The lowest BCUT2D eigenvalue weighted by molar-refractivity contribution is 1.40. The Labute approximate surface area is 126 Å². The van der Waals surface area contributed by atoms with E-state index in [2.05, 4.69) is 85.0 Å². The first-order valence-corrected chi connectivity index (χ1v) is 7.23. The minimum Gasteiger partial charge on any atom is -0.387 e. The zero-order valence-corrected chi connectivity index (χ0v) is 12.4. The first-order chi connectivity index (χ1) is 10.3. The number of rotatable bonds is 3. The van der Waals surface area contributed by atoms with Crippen LogP contribution in [-0.2, 0) is 0 Å². The molecule has 0 radical (unpaired) electrons. The number of anilines is 1. The molecule has 104 valence electrons. The smallest absolute Gasteiger partial charge is 0.0453 e. The van der Waals surface area contributed by atoms with Crippen LogP contribution in [0.1, 0.15) is 5.56 Å². The molecule has 0 aliphatic carbocycles. The molecule has 3 aromatic rings. The van der Waals surface area contributed by atoms with Gasteiger partial charge in [0.05, 0.1) is 0 Å². The second kappa shape index (κ2) is 5.84. The van der Waals surface area contributed by atoms with Gasteiger partial charge in [0.25, 0.3) is 0 Å². The summed E-state index contributed by atoms with van der Waals surface area (Å²) < 4.78 is 0. The van der Waals surface area contributed by atoms with E-state index in [1.54, 1.807) is 0 Å². The van der Waals surface area contributed by atoms with Gasteiger partial charge >= 0.3 is 0 Å². The highest BCUT2D eigenvalue weighted by atomic mass is 14.8. The van der Waals surface area contributed by atoms with E-state index in [1.165, 1.54) is 33.5 Å². The van der Waals surface area contributed by atoms with Crippen LogP contribution in [0.3, 0.4) is 0 Å². The van der Waals surface area contributed by atoms with Gasteiger partial charge in [-0.25, -0.2) is 0 Å². The predicted molar refractivity (Wildman–Crippen MR) is 91.6 cm³/mol. The Hall–Kier alpha value is -2.54. The SMILES string of the molecule is CNc1c(C)ccc(-c2ccccc2)c1-c1ccccc1. The molecule has 0 fully saturated rings. The molecular weight excluding hydrogens is 254 g/mol. The summed E-state index contributed by atoms with van der Waals surface area (Å²) in [4.78, 5) is 0. The molecule has 1 N–H and O–H groups in total. The topological polar surface area (TPSA) is 12.0 Å². The molecular formula is C20H19N. The van der Waals surface area contributed by atoms with E-state index in [4.69, 9.17) is 0 Å². The largest absolute Gasteiger partial charge is 0.387 e. The Balaban J connectivity index is 2.31. The summed E-state index contributed by atoms with van der Waals surface area (Å²) in [7, 11) is 1.99. The standard InChI is InChI=1S/C20H19N/c1-15-13-14-18(16-9-5-3-6-10-16)19(20(15)21-2)17-11-7-4-8-12-17/h3-14,21H,1-2H3. The first kappa shape index (κ1) is 13.4. The first-order valence-electron chi connectivity index (χ1n) is 7.23. The van der Waals surface area contributed by atoms with Gasteiger partial charge in [0.1, 0.15) is 0 Å². The summed E-state index contributed by atoms with van der Waals surface area (Å²) >= 11 is 0. The van der Waals surface area contributed by atoms with E-state index in [9.17, 15) is 0 Å². The van der Waals surface area contributed by atoms with Crippen LogP contribution in [0, 0.1) is 6.92 Å². The minimum absolute atomic E-state index is 1.20. The molecule has 0 saturated carbocycles. The van der Waals surface area contributed by atoms with E-state index in [0.717, 1.165) is 0 Å². The van der Waals surface area contributed by atoms with Crippen molar-refractivity contribution in [3.63, 3.8) is 0 Å². The Kier molecular flexibility index (Phi) is 3.74. The molecule has 0 amide bonds. The zero-order valence-electron chi connectivity index (χ0n) is 12.4. The van der Waals surface area contributed by atoms with Gasteiger partial charge in [0.2, 0.25) is 0 Å². The van der Waals surface area contributed by atoms with Crippen molar-refractivity contribution >= 4 is 5.69 Å². The fourth-order valence-electron chi connectivity index (χ4n) is 2.79. The van der Waals surface area contributed by atoms with Crippen LogP contribution in [0.5, 0.6) is 0 Å². The Morgan fingerprint density at radius 2 is 1.24 bits per heavy atom. The van der Waals surface area contributed by atoms with Crippen molar-refractivity contribution < 1.29 is 0 Å². The number of nitrogens with one attached hydrogen (secondary N) is 1. The van der Waals surface area contributed by atoms with Crippen LogP contribution >= 0.6 is 0 Å². The third kappa shape index (κ3) is 2.55. The Bertz CT molecular complexity index is 731. The summed E-state index contributed by atoms with van der Waals surface area (Å²) in [6, 6.07) is 25.5. The zero-order chi connectivity index (χ0) is 14.7. The molecule has 3 aromatic carbocycles. The number of benzene rings is 3. The molecule has 0 unspecified atom stereocenters. The molecule has 3 rings (SSSR count). The Morgan fingerprint density at radius 3 is 1.81 bits per heavy atom. The monoisotopic (exact) mass is 273 g/mol. The van der Waals surface area contributed by atoms with E-state index < -0.39 is 0 Å². The van der Waals surface area contributed by atoms with Gasteiger partial charge in [-0.15, -0.1) is 0 Å². The fraction of sp³-hybridized carbons (Fsp3) is 0.100. The lowest BCUT2D eigenvalue weighted by atomic mass is 9.91. The van der Waals surface area contributed by atoms with Crippen LogP contribution in [-0.4, -0.2) is 7.05 Å². The summed E-state index contributed by atoms with van der Waals surface area (Å²) in [5, 5.41) is 3.37. The van der Waals surface area contributed by atoms with Crippen molar-refractivity contribution in [3.8, 4) is 22.3 Å². The second-order valence-corrected chi connectivity index (χ2v) is 5.16. The average Bonchev–Trinajstić information content (AvgIpc) is 2.56. The number of aryl methyl sites for hydroxylation is 1. The summed E-state index contributed by atoms with van der Waals surface area (Å²) in [5.41, 5.74) is 7.47. The number of hydrogen-bond donors (Lipinski definition) is 1. The molecule has 0 spiro atoms. The van der Waals surface area contributed by atoms with Gasteiger partial charge in [-0.1, -0.05) is 72.8 Å². The van der Waals surface area contributed by atoms with Crippen molar-refractivity contribution in [2.45, 2.75) is 6.92 Å². The van der Waals surface area contributed by atoms with Gasteiger partial charge in [-0.3, -0.25) is 0 Å². The van der Waals surface area contributed by atoms with Crippen LogP contribution < -0.4 is 5.32 Å². The summed E-state index contributed by atoms with van der Waals surface area (Å²) in [5.74, 6) is 0. The molecule has 1 heteroatoms. The van der Waals surface area contributed by atoms with E-state index in [0.29, 0.717) is 0 Å². The van der Waals surface area contributed by atoms with Crippen molar-refractivity contribution in [1.29, 1.82) is 0 Å². The molecule has 0 aliphatic rings. The quantitative estimate of drug-likeness (QED) is 0.676. The van der Waals surface area contributed by atoms with Crippen LogP contribution in [0.25, 0.3) is 22.3 Å². The lowest BCUT2D eigenvalue weighted by Gasteiger charge is -2.17. The van der Waals surface area contributed by atoms with Crippen LogP contribution in [0.4, 0.5) is 5.69 Å². The maximum Gasteiger partial charge on any atom is 0.0453 e. The summed E-state index contributed by atoms with van der Waals surface area (Å²) in [6.07, 6.45) is 0. The van der Waals surface area contributed by atoms with E-state index >= 15 is 0 Å². The molecule has 0 aromatic heterocycles. The molecule has 1 nitrogen and oxygen atoms in total. The molecule has 21 heavy (non-hydrogen) atoms. The van der Waals surface area contributed by atoms with Crippen molar-refractivity contribution in [2.75, 3.05) is 12.4 Å². The molecule has 0 saturated heterocycles. The lowest BCUT2D eigenvalue weighted by Crippen LogP contribution is -1.97. The van der Waals surface area contributed by atoms with Gasteiger partial charge in [-0.2, -0.15) is 0 Å². The third-order valence-corrected chi connectivity index (χ3v) is 3.81. The van der Waals surface area contributed by atoms with Gasteiger partial charge in [-0.05, 0) is 29.2 Å². The maximum absolute atomic E-state index is 3.37. The van der Waals surface area contributed by atoms with Gasteiger partial charge in [0, 0.05) is 18.3 Å². The number of hydrogen-bond acceptors (Lipinski definition) is 1. The molecule has 0 aliphatic heterocycles. The van der Waals surface area contributed by atoms with Crippen LogP contribution in [0.2, 0.25) is 0 Å². The van der Waals surface area contributed by atoms with E-state index in [-0.39, 0.29) is 0 Å². The van der Waals surface area contributed by atoms with E-state index in [1.807, 2.05) is 7.05 Å². The van der Waals surface area contributed by atoms with Gasteiger partial charge in [0.15, 0.2) is 0 Å². The van der Waals surface area contributed by atoms with Crippen molar-refractivity contribution in [3.05, 3.63) is 78.4 Å².